The summed E-state index contributed by atoms with van der Waals surface area (Å²) in [6.07, 6.45) is 0. The van der Waals surface area contributed by atoms with Gasteiger partial charge in [-0.3, -0.25) is 9.35 Å². The van der Waals surface area contributed by atoms with Crippen molar-refractivity contribution in [2.24, 2.45) is 11.1 Å². The highest BCUT2D eigenvalue weighted by molar-refractivity contribution is 7.76. The fourth-order valence-electron chi connectivity index (χ4n) is 1.47. The van der Waals surface area contributed by atoms with Gasteiger partial charge in [-0.1, -0.05) is 12.1 Å². The van der Waals surface area contributed by atoms with Crippen LogP contribution in [0.3, 0.4) is 0 Å². The molecule has 1 unspecified atom stereocenters. The third kappa shape index (κ3) is 5.14. The number of benzene rings is 1. The van der Waals surface area contributed by atoms with Gasteiger partial charge in [0.25, 0.3) is 0 Å². The zero-order valence-electron chi connectivity index (χ0n) is 10.5. The Kier molecular flexibility index (Phi) is 6.28. The van der Waals surface area contributed by atoms with Crippen molar-refractivity contribution in [2.45, 2.75) is 13.8 Å². The second-order valence-corrected chi connectivity index (χ2v) is 4.69. The summed E-state index contributed by atoms with van der Waals surface area (Å²) < 4.78 is 28.4. The van der Waals surface area contributed by atoms with Crippen LogP contribution >= 0.6 is 0 Å². The van der Waals surface area contributed by atoms with Crippen molar-refractivity contribution >= 4 is 11.3 Å². The molecule has 102 valence electrons. The second kappa shape index (κ2) is 7.48. The van der Waals surface area contributed by atoms with Gasteiger partial charge in [-0.2, -0.15) is 0 Å². The lowest BCUT2D eigenvalue weighted by Crippen LogP contribution is -2.32. The fraction of sp³-hybridized carbons (Fsp3) is 0.500. The first-order chi connectivity index (χ1) is 8.50. The molecule has 0 amide bonds. The lowest BCUT2D eigenvalue weighted by molar-refractivity contribution is -0.0509. The average Bonchev–Trinajstić information content (AvgIpc) is 2.21. The van der Waals surface area contributed by atoms with Crippen molar-refractivity contribution in [2.75, 3.05) is 19.8 Å². The zero-order valence-corrected chi connectivity index (χ0v) is 11.4. The minimum absolute atomic E-state index is 0.593. The first kappa shape index (κ1) is 15.1. The van der Waals surface area contributed by atoms with Crippen LogP contribution < -0.4 is 9.88 Å². The Morgan fingerprint density at radius 2 is 2.11 bits per heavy atom. The summed E-state index contributed by atoms with van der Waals surface area (Å²) in [6, 6.07) is 6.17. The molecule has 1 aromatic carbocycles. The molecule has 1 aromatic rings. The molecular weight excluding hydrogens is 254 g/mol. The highest BCUT2D eigenvalue weighted by Gasteiger charge is 2.19. The molecule has 6 heteroatoms. The lowest BCUT2D eigenvalue weighted by Gasteiger charge is -2.26. The van der Waals surface area contributed by atoms with Crippen LogP contribution in [0.15, 0.2) is 18.2 Å². The van der Waals surface area contributed by atoms with E-state index in [1.165, 1.54) is 11.1 Å². The van der Waals surface area contributed by atoms with E-state index in [0.717, 1.165) is 25.6 Å². The SMILES string of the molecule is Cc1cccc(OCC2COC2)c1C.NS(=O)[O-]. The summed E-state index contributed by atoms with van der Waals surface area (Å²) in [6.45, 7) is 6.69. The van der Waals surface area contributed by atoms with Crippen LogP contribution in [0.5, 0.6) is 5.75 Å². The smallest absolute Gasteiger partial charge is 0.122 e. The van der Waals surface area contributed by atoms with E-state index in [0.29, 0.717) is 5.92 Å². The van der Waals surface area contributed by atoms with Crippen LogP contribution in [0.2, 0.25) is 0 Å². The van der Waals surface area contributed by atoms with Crippen molar-refractivity contribution in [3.63, 3.8) is 0 Å². The van der Waals surface area contributed by atoms with Crippen molar-refractivity contribution in [1.29, 1.82) is 0 Å². The van der Waals surface area contributed by atoms with Crippen molar-refractivity contribution in [3.8, 4) is 5.75 Å². The number of rotatable bonds is 3. The Morgan fingerprint density at radius 3 is 2.61 bits per heavy atom. The zero-order chi connectivity index (χ0) is 13.5. The number of hydrogen-bond acceptors (Lipinski definition) is 4. The van der Waals surface area contributed by atoms with E-state index < -0.39 is 11.3 Å². The van der Waals surface area contributed by atoms with Crippen molar-refractivity contribution in [1.82, 2.24) is 0 Å². The lowest BCUT2D eigenvalue weighted by atomic mass is 10.1. The maximum atomic E-state index is 8.78. The molecule has 0 aromatic heterocycles. The molecule has 5 nitrogen and oxygen atoms in total. The van der Waals surface area contributed by atoms with Gasteiger partial charge in [-0.15, -0.1) is 0 Å². The van der Waals surface area contributed by atoms with Gasteiger partial charge in [-0.05, 0) is 31.0 Å². The number of nitrogens with two attached hydrogens (primary N) is 1. The van der Waals surface area contributed by atoms with Gasteiger partial charge in [0.2, 0.25) is 0 Å². The molecule has 1 aliphatic heterocycles. The van der Waals surface area contributed by atoms with Gasteiger partial charge >= 0.3 is 0 Å². The van der Waals surface area contributed by atoms with Crippen LogP contribution in [-0.4, -0.2) is 28.6 Å². The molecule has 0 saturated carbocycles. The van der Waals surface area contributed by atoms with Crippen LogP contribution in [0.1, 0.15) is 11.1 Å². The highest BCUT2D eigenvalue weighted by Crippen LogP contribution is 2.22. The van der Waals surface area contributed by atoms with E-state index in [4.69, 9.17) is 18.2 Å². The predicted molar refractivity (Wildman–Crippen MR) is 68.8 cm³/mol. The van der Waals surface area contributed by atoms with Gasteiger partial charge in [0.15, 0.2) is 0 Å². The number of ether oxygens (including phenoxy) is 2. The normalized spacial score (nSPS) is 16.2. The van der Waals surface area contributed by atoms with Gasteiger partial charge in [0, 0.05) is 17.2 Å². The van der Waals surface area contributed by atoms with Crippen LogP contribution in [0.4, 0.5) is 0 Å². The summed E-state index contributed by atoms with van der Waals surface area (Å²) in [7, 11) is 0. The number of hydrogen-bond donors (Lipinski definition) is 1. The van der Waals surface area contributed by atoms with Gasteiger partial charge < -0.3 is 14.0 Å². The molecule has 2 rings (SSSR count). The Hall–Kier alpha value is -0.950. The molecule has 18 heavy (non-hydrogen) atoms. The topological polar surface area (TPSA) is 84.6 Å². The molecule has 0 aliphatic carbocycles. The van der Waals surface area contributed by atoms with E-state index in [1.54, 1.807) is 0 Å². The quantitative estimate of drug-likeness (QED) is 0.834. The molecule has 2 N–H and O–H groups in total. The Balaban J connectivity index is 0.000000357. The molecule has 1 heterocycles. The Bertz CT molecular complexity index is 403. The predicted octanol–water partition coefficient (Wildman–Crippen LogP) is 1.07. The van der Waals surface area contributed by atoms with E-state index in [9.17, 15) is 0 Å². The van der Waals surface area contributed by atoms with Crippen molar-refractivity contribution in [3.05, 3.63) is 29.3 Å². The van der Waals surface area contributed by atoms with Gasteiger partial charge in [-0.25, -0.2) is 0 Å². The van der Waals surface area contributed by atoms with E-state index in [1.807, 2.05) is 12.1 Å². The van der Waals surface area contributed by atoms with Gasteiger partial charge in [0.05, 0.1) is 19.8 Å². The minimum atomic E-state index is -2.36. The van der Waals surface area contributed by atoms with E-state index in [-0.39, 0.29) is 0 Å². The molecule has 1 saturated heterocycles. The third-order valence-corrected chi connectivity index (χ3v) is 2.74. The van der Waals surface area contributed by atoms with E-state index in [2.05, 4.69) is 25.1 Å². The Morgan fingerprint density at radius 1 is 1.50 bits per heavy atom. The van der Waals surface area contributed by atoms with Crippen LogP contribution in [0.25, 0.3) is 0 Å². The fourth-order valence-corrected chi connectivity index (χ4v) is 1.47. The maximum Gasteiger partial charge on any atom is 0.122 e. The van der Waals surface area contributed by atoms with Crippen LogP contribution in [-0.2, 0) is 16.0 Å². The summed E-state index contributed by atoms with van der Waals surface area (Å²) >= 11 is -2.36. The first-order valence-electron chi connectivity index (χ1n) is 5.61. The van der Waals surface area contributed by atoms with Gasteiger partial charge in [0.1, 0.15) is 5.75 Å². The standard InChI is InChI=1S/C12H16O2.H3NO2S/c1-9-4-3-5-12(10(9)2)14-8-11-6-13-7-11;1-4(2)3/h3-5,11H,6-8H2,1-2H3;1H2,(H,2,3)/p-1. The molecule has 1 aliphatic rings. The maximum absolute atomic E-state index is 8.78. The molecule has 1 fully saturated rings. The monoisotopic (exact) mass is 272 g/mol. The first-order valence-corrected chi connectivity index (χ1v) is 6.75. The van der Waals surface area contributed by atoms with Crippen LogP contribution in [0, 0.1) is 19.8 Å². The molecule has 0 radical (unpaired) electrons. The molecule has 1 atom stereocenters. The van der Waals surface area contributed by atoms with Crippen molar-refractivity contribution < 1.29 is 18.2 Å². The average molecular weight is 272 g/mol. The summed E-state index contributed by atoms with van der Waals surface area (Å²) in [5.74, 6) is 1.60. The largest absolute Gasteiger partial charge is 0.760 e. The minimum Gasteiger partial charge on any atom is -0.760 e. The summed E-state index contributed by atoms with van der Waals surface area (Å²) in [5, 5.41) is 4.03. The second-order valence-electron chi connectivity index (χ2n) is 4.17. The summed E-state index contributed by atoms with van der Waals surface area (Å²) in [4.78, 5) is 0. The third-order valence-electron chi connectivity index (χ3n) is 2.74. The summed E-state index contributed by atoms with van der Waals surface area (Å²) in [5.41, 5.74) is 2.53. The number of aryl methyl sites for hydroxylation is 1. The Labute approximate surface area is 110 Å². The molecular formula is C12H18NO4S-. The van der Waals surface area contributed by atoms with E-state index >= 15 is 0 Å². The highest BCUT2D eigenvalue weighted by atomic mass is 32.2. The molecule has 0 spiro atoms. The molecule has 0 bridgehead atoms.